The minimum atomic E-state index is -0.445. The number of hydrogen-bond acceptors (Lipinski definition) is 8. The summed E-state index contributed by atoms with van der Waals surface area (Å²) in [5.74, 6) is 0.525. The van der Waals surface area contributed by atoms with Crippen LogP contribution in [0, 0.1) is 0 Å². The number of carbonyl (C=O) groups excluding carboxylic acids is 1. The van der Waals surface area contributed by atoms with Gasteiger partial charge in [-0.05, 0) is 28.0 Å². The number of methoxy groups -OCH3 is 1. The van der Waals surface area contributed by atoms with E-state index in [0.717, 1.165) is 5.56 Å². The number of nitrogens with one attached hydrogen (secondary N) is 2. The molecule has 1 heterocycles. The van der Waals surface area contributed by atoms with E-state index in [0.29, 0.717) is 42.8 Å². The number of amides is 1. The number of nitrogen functional groups attached to an aromatic ring is 1. The molecule has 148 valence electrons. The number of aromatic nitrogens is 2. The number of nitrogens with zero attached hydrogens (tertiary/aromatic N) is 2. The standard InChI is InChI=1S/C16H20ClN5O4.ClH/c1-3-6-25-14-11(17)7-10(8-12(14)24-2)9-19-4-5-20-16(23)13-15(18)22-26-21-13;/h3,7-8,19H,1,4-6,9H2,2H3,(H2,18,22)(H,20,23);1H. The van der Waals surface area contributed by atoms with Gasteiger partial charge in [0.15, 0.2) is 11.5 Å². The van der Waals surface area contributed by atoms with Crippen LogP contribution in [0.15, 0.2) is 29.4 Å². The molecule has 4 N–H and O–H groups in total. The van der Waals surface area contributed by atoms with Crippen molar-refractivity contribution in [2.45, 2.75) is 6.54 Å². The molecule has 0 aliphatic rings. The van der Waals surface area contributed by atoms with E-state index >= 15 is 0 Å². The number of benzene rings is 1. The fraction of sp³-hybridized carbons (Fsp3) is 0.312. The zero-order valence-electron chi connectivity index (χ0n) is 14.7. The van der Waals surface area contributed by atoms with Crippen LogP contribution in [0.3, 0.4) is 0 Å². The molecule has 1 aromatic heterocycles. The molecule has 2 rings (SSSR count). The zero-order valence-corrected chi connectivity index (χ0v) is 16.2. The SMILES string of the molecule is C=CCOc1c(Cl)cc(CNCCNC(=O)c2nonc2N)cc1OC.Cl. The molecule has 0 radical (unpaired) electrons. The third kappa shape index (κ3) is 6.31. The third-order valence-electron chi connectivity index (χ3n) is 3.28. The second kappa shape index (κ2) is 11.3. The zero-order chi connectivity index (χ0) is 18.9. The first-order valence-electron chi connectivity index (χ1n) is 7.73. The molecule has 9 nitrogen and oxygen atoms in total. The highest BCUT2D eigenvalue weighted by molar-refractivity contribution is 6.32. The fourth-order valence-electron chi connectivity index (χ4n) is 2.09. The lowest BCUT2D eigenvalue weighted by atomic mass is 10.2. The summed E-state index contributed by atoms with van der Waals surface area (Å²) in [4.78, 5) is 11.8. The molecular weight excluding hydrogens is 397 g/mol. The van der Waals surface area contributed by atoms with Crippen LogP contribution >= 0.6 is 24.0 Å². The number of halogens is 2. The van der Waals surface area contributed by atoms with Gasteiger partial charge in [-0.15, -0.1) is 12.4 Å². The van der Waals surface area contributed by atoms with E-state index in [9.17, 15) is 4.79 Å². The molecule has 11 heteroatoms. The van der Waals surface area contributed by atoms with E-state index in [-0.39, 0.29) is 23.9 Å². The van der Waals surface area contributed by atoms with Gasteiger partial charge in [-0.25, -0.2) is 4.63 Å². The summed E-state index contributed by atoms with van der Waals surface area (Å²) in [5, 5.41) is 13.1. The van der Waals surface area contributed by atoms with Gasteiger partial charge in [-0.2, -0.15) is 0 Å². The van der Waals surface area contributed by atoms with E-state index in [1.54, 1.807) is 19.3 Å². The number of carbonyl (C=O) groups is 1. The molecule has 0 spiro atoms. The Labute approximate surface area is 167 Å². The molecule has 27 heavy (non-hydrogen) atoms. The summed E-state index contributed by atoms with van der Waals surface area (Å²) in [6.07, 6.45) is 1.63. The van der Waals surface area contributed by atoms with Crippen molar-refractivity contribution in [2.75, 3.05) is 32.5 Å². The quantitative estimate of drug-likeness (QED) is 0.394. The molecule has 1 aromatic carbocycles. The van der Waals surface area contributed by atoms with Gasteiger partial charge in [0.2, 0.25) is 11.5 Å². The first kappa shape index (κ1) is 22.6. The number of anilines is 1. The maximum atomic E-state index is 11.8. The summed E-state index contributed by atoms with van der Waals surface area (Å²) in [7, 11) is 1.55. The second-order valence-electron chi connectivity index (χ2n) is 5.14. The Hall–Kier alpha value is -2.49. The molecule has 0 atom stereocenters. The largest absolute Gasteiger partial charge is 0.493 e. The van der Waals surface area contributed by atoms with Crippen LogP contribution in [-0.2, 0) is 6.54 Å². The van der Waals surface area contributed by atoms with Gasteiger partial charge in [-0.3, -0.25) is 4.79 Å². The van der Waals surface area contributed by atoms with E-state index in [1.807, 2.05) is 6.07 Å². The van der Waals surface area contributed by atoms with Crippen molar-refractivity contribution in [3.8, 4) is 11.5 Å². The van der Waals surface area contributed by atoms with Crippen molar-refractivity contribution in [1.82, 2.24) is 20.9 Å². The van der Waals surface area contributed by atoms with Crippen LogP contribution in [0.5, 0.6) is 11.5 Å². The monoisotopic (exact) mass is 417 g/mol. The van der Waals surface area contributed by atoms with Crippen molar-refractivity contribution >= 4 is 35.7 Å². The van der Waals surface area contributed by atoms with Crippen molar-refractivity contribution in [2.24, 2.45) is 0 Å². The van der Waals surface area contributed by atoms with E-state index in [1.165, 1.54) is 0 Å². The highest BCUT2D eigenvalue weighted by atomic mass is 35.5. The number of rotatable bonds is 10. The van der Waals surface area contributed by atoms with Crippen LogP contribution < -0.4 is 25.8 Å². The average Bonchev–Trinajstić information content (AvgIpc) is 3.06. The maximum absolute atomic E-state index is 11.8. The predicted molar refractivity (Wildman–Crippen MR) is 104 cm³/mol. The Bertz CT molecular complexity index is 769. The van der Waals surface area contributed by atoms with Crippen molar-refractivity contribution < 1.29 is 18.9 Å². The van der Waals surface area contributed by atoms with Crippen LogP contribution in [-0.4, -0.2) is 43.0 Å². The maximum Gasteiger partial charge on any atom is 0.277 e. The van der Waals surface area contributed by atoms with Crippen LogP contribution in [0.4, 0.5) is 5.82 Å². The highest BCUT2D eigenvalue weighted by Gasteiger charge is 2.15. The van der Waals surface area contributed by atoms with E-state index < -0.39 is 5.91 Å². The van der Waals surface area contributed by atoms with E-state index in [4.69, 9.17) is 26.8 Å². The van der Waals surface area contributed by atoms with Crippen molar-refractivity contribution in [3.05, 3.63) is 41.1 Å². The lowest BCUT2D eigenvalue weighted by molar-refractivity contribution is 0.0944. The molecule has 2 aromatic rings. The first-order chi connectivity index (χ1) is 12.6. The Morgan fingerprint density at radius 2 is 2.19 bits per heavy atom. The lowest BCUT2D eigenvalue weighted by Gasteiger charge is -2.13. The van der Waals surface area contributed by atoms with Gasteiger partial charge < -0.3 is 25.8 Å². The summed E-state index contributed by atoms with van der Waals surface area (Å²) in [6.45, 7) is 5.35. The topological polar surface area (TPSA) is 125 Å². The smallest absolute Gasteiger partial charge is 0.277 e. The summed E-state index contributed by atoms with van der Waals surface area (Å²) < 4.78 is 15.2. The fourth-order valence-corrected chi connectivity index (χ4v) is 2.38. The minimum absolute atomic E-state index is 0. The number of ether oxygens (including phenoxy) is 2. The predicted octanol–water partition coefficient (Wildman–Crippen LogP) is 1.82. The molecular formula is C16H21Cl2N5O4. The third-order valence-corrected chi connectivity index (χ3v) is 3.56. The first-order valence-corrected chi connectivity index (χ1v) is 8.11. The van der Waals surface area contributed by atoms with Gasteiger partial charge in [-0.1, -0.05) is 24.3 Å². The van der Waals surface area contributed by atoms with Gasteiger partial charge in [0.05, 0.1) is 12.1 Å². The Kier molecular flexibility index (Phi) is 9.41. The van der Waals surface area contributed by atoms with Gasteiger partial charge >= 0.3 is 0 Å². The molecule has 0 aliphatic carbocycles. The summed E-state index contributed by atoms with van der Waals surface area (Å²) >= 11 is 6.24. The molecule has 0 bridgehead atoms. The van der Waals surface area contributed by atoms with Crippen LogP contribution in [0.1, 0.15) is 16.1 Å². The van der Waals surface area contributed by atoms with E-state index in [2.05, 4.69) is 32.2 Å². The van der Waals surface area contributed by atoms with Crippen molar-refractivity contribution in [1.29, 1.82) is 0 Å². The van der Waals surface area contributed by atoms with Gasteiger partial charge in [0, 0.05) is 19.6 Å². The Balaban J connectivity index is 0.00000364. The van der Waals surface area contributed by atoms with Crippen LogP contribution in [0.25, 0.3) is 0 Å². The Morgan fingerprint density at radius 3 is 2.81 bits per heavy atom. The van der Waals surface area contributed by atoms with Gasteiger partial charge in [0.1, 0.15) is 6.61 Å². The molecule has 0 fully saturated rings. The molecule has 1 amide bonds. The van der Waals surface area contributed by atoms with Gasteiger partial charge in [0.25, 0.3) is 5.91 Å². The molecule has 0 saturated carbocycles. The summed E-state index contributed by atoms with van der Waals surface area (Å²) in [6, 6.07) is 3.62. The van der Waals surface area contributed by atoms with Crippen molar-refractivity contribution in [3.63, 3.8) is 0 Å². The molecule has 0 aliphatic heterocycles. The lowest BCUT2D eigenvalue weighted by Crippen LogP contribution is -2.32. The van der Waals surface area contributed by atoms with Crippen LogP contribution in [0.2, 0.25) is 5.02 Å². The number of nitrogens with two attached hydrogens (primary N) is 1. The average molecular weight is 418 g/mol. The second-order valence-corrected chi connectivity index (χ2v) is 5.55. The minimum Gasteiger partial charge on any atom is -0.493 e. The highest BCUT2D eigenvalue weighted by Crippen LogP contribution is 2.36. The molecule has 0 saturated heterocycles. The summed E-state index contributed by atoms with van der Waals surface area (Å²) in [5.41, 5.74) is 6.33. The normalized spacial score (nSPS) is 10.0. The molecule has 0 unspecified atom stereocenters. The number of hydrogen-bond donors (Lipinski definition) is 3. The Morgan fingerprint density at radius 1 is 1.41 bits per heavy atom.